The SMILES string of the molecule is C#CC1=NC(c2ccnc(C(C)(C)C#N)c2)=C(C(C)(C)C)N(C(C)(C)C)C1OC(N)=O. The lowest BCUT2D eigenvalue weighted by molar-refractivity contribution is -0.00492. The lowest BCUT2D eigenvalue weighted by Gasteiger charge is -2.49. The van der Waals surface area contributed by atoms with Crippen molar-refractivity contribution in [1.82, 2.24) is 9.88 Å². The molecule has 1 amide bonds. The number of rotatable bonds is 3. The van der Waals surface area contributed by atoms with E-state index in [1.54, 1.807) is 6.20 Å². The molecule has 1 aliphatic rings. The smallest absolute Gasteiger partial charge is 0.406 e. The van der Waals surface area contributed by atoms with E-state index in [1.165, 1.54) is 0 Å². The van der Waals surface area contributed by atoms with Crippen LogP contribution in [0.1, 0.15) is 66.6 Å². The van der Waals surface area contributed by atoms with Gasteiger partial charge in [0.25, 0.3) is 0 Å². The molecule has 2 rings (SSSR count). The summed E-state index contributed by atoms with van der Waals surface area (Å²) >= 11 is 0. The number of carbonyl (C=O) groups is 1. The van der Waals surface area contributed by atoms with Crippen molar-refractivity contribution in [3.63, 3.8) is 0 Å². The molecule has 1 aromatic heterocycles. The number of ether oxygens (including phenoxy) is 1. The Morgan fingerprint density at radius 3 is 2.29 bits per heavy atom. The summed E-state index contributed by atoms with van der Waals surface area (Å²) in [6.07, 6.45) is 5.59. The molecule has 1 unspecified atom stereocenters. The molecule has 2 heterocycles. The minimum absolute atomic E-state index is 0.245. The second-order valence-electron chi connectivity index (χ2n) is 10.1. The molecule has 164 valence electrons. The van der Waals surface area contributed by atoms with E-state index < -0.39 is 23.3 Å². The Balaban J connectivity index is 2.91. The molecule has 31 heavy (non-hydrogen) atoms. The molecule has 0 fully saturated rings. The maximum absolute atomic E-state index is 11.7. The number of allylic oxidation sites excluding steroid dienone is 1. The normalized spacial score (nSPS) is 17.5. The number of nitrogens with zero attached hydrogens (tertiary/aromatic N) is 4. The van der Waals surface area contributed by atoms with Crippen molar-refractivity contribution in [1.29, 1.82) is 5.26 Å². The third kappa shape index (κ3) is 4.88. The van der Waals surface area contributed by atoms with E-state index in [0.717, 1.165) is 11.3 Å². The van der Waals surface area contributed by atoms with Gasteiger partial charge in [-0.2, -0.15) is 5.26 Å². The molecule has 0 spiro atoms. The number of pyridine rings is 1. The van der Waals surface area contributed by atoms with Crippen LogP contribution >= 0.6 is 0 Å². The van der Waals surface area contributed by atoms with Crippen molar-refractivity contribution in [3.05, 3.63) is 35.3 Å². The van der Waals surface area contributed by atoms with E-state index in [-0.39, 0.29) is 11.1 Å². The van der Waals surface area contributed by atoms with E-state index >= 15 is 0 Å². The molecule has 1 aromatic rings. The van der Waals surface area contributed by atoms with Crippen molar-refractivity contribution in [3.8, 4) is 18.4 Å². The highest BCUT2D eigenvalue weighted by Gasteiger charge is 2.44. The second kappa shape index (κ2) is 8.07. The van der Waals surface area contributed by atoms with E-state index in [0.29, 0.717) is 11.4 Å². The first-order chi connectivity index (χ1) is 14.1. The van der Waals surface area contributed by atoms with Gasteiger partial charge in [0.1, 0.15) is 0 Å². The summed E-state index contributed by atoms with van der Waals surface area (Å²) in [5, 5.41) is 9.55. The Kier molecular flexibility index (Phi) is 6.24. The van der Waals surface area contributed by atoms with Crippen LogP contribution in [0.5, 0.6) is 0 Å². The van der Waals surface area contributed by atoms with Gasteiger partial charge in [0.05, 0.1) is 22.9 Å². The third-order valence-electron chi connectivity index (χ3n) is 4.93. The fraction of sp³-hybridized carbons (Fsp3) is 0.500. The van der Waals surface area contributed by atoms with Crippen molar-refractivity contribution in [2.45, 2.75) is 72.6 Å². The van der Waals surface area contributed by atoms with Crippen LogP contribution in [0.4, 0.5) is 4.79 Å². The molecule has 0 saturated heterocycles. The maximum Gasteiger partial charge on any atom is 0.406 e. The van der Waals surface area contributed by atoms with Gasteiger partial charge in [0, 0.05) is 28.4 Å². The third-order valence-corrected chi connectivity index (χ3v) is 4.93. The highest BCUT2D eigenvalue weighted by atomic mass is 16.6. The average molecular weight is 422 g/mol. The van der Waals surface area contributed by atoms with Gasteiger partial charge in [-0.1, -0.05) is 20.8 Å². The summed E-state index contributed by atoms with van der Waals surface area (Å²) in [6, 6.07) is 5.98. The molecule has 1 aliphatic heterocycles. The van der Waals surface area contributed by atoms with Crippen molar-refractivity contribution in [2.75, 3.05) is 0 Å². The fourth-order valence-electron chi connectivity index (χ4n) is 3.49. The molecule has 0 aliphatic carbocycles. The molecular weight excluding hydrogens is 390 g/mol. The minimum Gasteiger partial charge on any atom is -0.419 e. The van der Waals surface area contributed by atoms with Gasteiger partial charge in [-0.05, 0) is 52.7 Å². The highest BCUT2D eigenvalue weighted by Crippen LogP contribution is 2.43. The lowest BCUT2D eigenvalue weighted by atomic mass is 9.83. The summed E-state index contributed by atoms with van der Waals surface area (Å²) in [4.78, 5) is 22.8. The molecule has 1 atom stereocenters. The Hall–Kier alpha value is -3.32. The first-order valence-electron chi connectivity index (χ1n) is 10.1. The molecule has 0 aromatic carbocycles. The zero-order valence-corrected chi connectivity index (χ0v) is 19.6. The molecule has 0 saturated carbocycles. The van der Waals surface area contributed by atoms with Crippen LogP contribution in [0, 0.1) is 29.1 Å². The predicted octanol–water partition coefficient (Wildman–Crippen LogP) is 4.21. The number of aromatic nitrogens is 1. The van der Waals surface area contributed by atoms with Gasteiger partial charge in [-0.25, -0.2) is 9.79 Å². The van der Waals surface area contributed by atoms with E-state index in [1.807, 2.05) is 51.7 Å². The van der Waals surface area contributed by atoms with Crippen molar-refractivity contribution in [2.24, 2.45) is 16.1 Å². The lowest BCUT2D eigenvalue weighted by Crippen LogP contribution is -2.56. The van der Waals surface area contributed by atoms with Crippen LogP contribution in [0.3, 0.4) is 0 Å². The van der Waals surface area contributed by atoms with Gasteiger partial charge in [0.15, 0.2) is 5.71 Å². The van der Waals surface area contributed by atoms with Gasteiger partial charge in [0.2, 0.25) is 6.23 Å². The number of hydrogen-bond acceptors (Lipinski definition) is 6. The quantitative estimate of drug-likeness (QED) is 0.736. The van der Waals surface area contributed by atoms with Gasteiger partial charge in [-0.15, -0.1) is 6.42 Å². The topological polar surface area (TPSA) is 105 Å². The first kappa shape index (κ1) is 24.0. The number of amides is 1. The fourth-order valence-corrected chi connectivity index (χ4v) is 3.49. The Bertz CT molecular complexity index is 1020. The van der Waals surface area contributed by atoms with Gasteiger partial charge < -0.3 is 15.4 Å². The predicted molar refractivity (Wildman–Crippen MR) is 122 cm³/mol. The summed E-state index contributed by atoms with van der Waals surface area (Å²) in [5.74, 6) is 2.56. The number of primary amides is 1. The molecule has 7 nitrogen and oxygen atoms in total. The number of carbonyl (C=O) groups excluding carboxylic acids is 1. The van der Waals surface area contributed by atoms with Gasteiger partial charge in [-0.3, -0.25) is 4.98 Å². The molecule has 7 heteroatoms. The van der Waals surface area contributed by atoms with Crippen LogP contribution < -0.4 is 5.73 Å². The highest BCUT2D eigenvalue weighted by molar-refractivity contribution is 6.08. The molecule has 0 bridgehead atoms. The van der Waals surface area contributed by atoms with E-state index in [4.69, 9.17) is 21.9 Å². The molecule has 0 radical (unpaired) electrons. The second-order valence-corrected chi connectivity index (χ2v) is 10.1. The van der Waals surface area contributed by atoms with Crippen LogP contribution in [-0.4, -0.2) is 33.5 Å². The number of nitrogens with two attached hydrogens (primary N) is 1. The summed E-state index contributed by atoms with van der Waals surface area (Å²) < 4.78 is 5.44. The summed E-state index contributed by atoms with van der Waals surface area (Å²) in [6.45, 7) is 15.8. The average Bonchev–Trinajstić information content (AvgIpc) is 2.65. The largest absolute Gasteiger partial charge is 0.419 e. The Labute approximate surface area is 185 Å². The standard InChI is InChI=1S/C24H31N5O2/c1-10-16-20(31-21(26)30)29(23(5,6)7)19(22(2,3)4)18(28-16)15-11-12-27-17(13-15)24(8,9)14-25/h1,11-13,20H,2-9H3,(H2,26,30). The zero-order chi connectivity index (χ0) is 23.8. The van der Waals surface area contributed by atoms with Crippen LogP contribution in [0.25, 0.3) is 5.70 Å². The van der Waals surface area contributed by atoms with E-state index in [2.05, 4.69) is 37.7 Å². The van der Waals surface area contributed by atoms with Crippen molar-refractivity contribution >= 4 is 17.5 Å². The van der Waals surface area contributed by atoms with E-state index in [9.17, 15) is 10.1 Å². The van der Waals surface area contributed by atoms with Crippen LogP contribution in [0.2, 0.25) is 0 Å². The van der Waals surface area contributed by atoms with Crippen LogP contribution in [0.15, 0.2) is 29.0 Å². The van der Waals surface area contributed by atoms with Crippen molar-refractivity contribution < 1.29 is 9.53 Å². The molecular formula is C24H31N5O2. The summed E-state index contributed by atoms with van der Waals surface area (Å²) in [7, 11) is 0. The number of terminal acetylenes is 1. The first-order valence-corrected chi connectivity index (χ1v) is 10.1. The zero-order valence-electron chi connectivity index (χ0n) is 19.6. The number of aliphatic imine (C=N–C) groups is 1. The monoisotopic (exact) mass is 421 g/mol. The Morgan fingerprint density at radius 2 is 1.84 bits per heavy atom. The number of nitriles is 1. The van der Waals surface area contributed by atoms with Gasteiger partial charge >= 0.3 is 6.09 Å². The Morgan fingerprint density at radius 1 is 1.23 bits per heavy atom. The molecule has 2 N–H and O–H groups in total. The van der Waals surface area contributed by atoms with Crippen LogP contribution in [-0.2, 0) is 10.2 Å². The number of hydrogen-bond donors (Lipinski definition) is 1. The minimum atomic E-state index is -0.930. The maximum atomic E-state index is 11.7. The summed E-state index contributed by atoms with van der Waals surface area (Å²) in [5.41, 5.74) is 6.87.